The second kappa shape index (κ2) is 7.12. The number of amides is 4. The van der Waals surface area contributed by atoms with Gasteiger partial charge in [-0.25, -0.2) is 9.59 Å². The van der Waals surface area contributed by atoms with E-state index in [1.54, 1.807) is 11.4 Å². The minimum atomic E-state index is -0.978. The van der Waals surface area contributed by atoms with Crippen molar-refractivity contribution in [1.29, 1.82) is 0 Å². The zero-order chi connectivity index (χ0) is 16.1. The molecule has 0 aromatic carbocycles. The van der Waals surface area contributed by atoms with Crippen LogP contribution in [0.15, 0.2) is 11.4 Å². The number of carbonyl (C=O) groups is 3. The summed E-state index contributed by atoms with van der Waals surface area (Å²) in [5.74, 6) is -0.337. The van der Waals surface area contributed by atoms with E-state index in [1.165, 1.54) is 16.2 Å². The standard InChI is InChI=1S/C13H18N4O4S/c14-12(19)16-9-4-6-22-10(9)11(18)15-8-3-1-2-5-17(7-8)13(20)21/h4,6,8H,1-3,5,7H2,(H,15,18)(H,20,21)(H3,14,16,19)/t8-/m0/s1. The smallest absolute Gasteiger partial charge is 0.407 e. The highest BCUT2D eigenvalue weighted by molar-refractivity contribution is 7.12. The van der Waals surface area contributed by atoms with E-state index in [9.17, 15) is 14.4 Å². The molecule has 8 nitrogen and oxygen atoms in total. The number of primary amides is 1. The van der Waals surface area contributed by atoms with Crippen molar-refractivity contribution in [1.82, 2.24) is 10.2 Å². The molecule has 5 N–H and O–H groups in total. The van der Waals surface area contributed by atoms with Gasteiger partial charge in [0, 0.05) is 19.1 Å². The van der Waals surface area contributed by atoms with Gasteiger partial charge in [-0.2, -0.15) is 0 Å². The molecule has 22 heavy (non-hydrogen) atoms. The van der Waals surface area contributed by atoms with Gasteiger partial charge in [0.25, 0.3) is 5.91 Å². The Labute approximate surface area is 131 Å². The maximum atomic E-state index is 12.3. The SMILES string of the molecule is NC(=O)Nc1ccsc1C(=O)N[C@H]1CCCCN(C(=O)O)C1. The molecule has 0 radical (unpaired) electrons. The summed E-state index contributed by atoms with van der Waals surface area (Å²) in [6, 6.07) is 0.620. The fourth-order valence-corrected chi connectivity index (χ4v) is 3.15. The van der Waals surface area contributed by atoms with E-state index >= 15 is 0 Å². The predicted molar refractivity (Wildman–Crippen MR) is 82.2 cm³/mol. The number of urea groups is 1. The van der Waals surface area contributed by atoms with Gasteiger partial charge >= 0.3 is 12.1 Å². The van der Waals surface area contributed by atoms with Crippen LogP contribution in [0.4, 0.5) is 15.3 Å². The molecule has 0 bridgehead atoms. The number of nitrogens with zero attached hydrogens (tertiary/aromatic N) is 1. The van der Waals surface area contributed by atoms with Crippen molar-refractivity contribution in [3.63, 3.8) is 0 Å². The summed E-state index contributed by atoms with van der Waals surface area (Å²) in [4.78, 5) is 36.0. The first-order valence-electron chi connectivity index (χ1n) is 6.90. The molecule has 1 fully saturated rings. The lowest BCUT2D eigenvalue weighted by Crippen LogP contribution is -2.44. The van der Waals surface area contributed by atoms with Gasteiger partial charge in [-0.15, -0.1) is 11.3 Å². The van der Waals surface area contributed by atoms with Gasteiger partial charge in [-0.05, 0) is 30.7 Å². The van der Waals surface area contributed by atoms with Crippen molar-refractivity contribution in [2.45, 2.75) is 25.3 Å². The van der Waals surface area contributed by atoms with Crippen LogP contribution in [0.2, 0.25) is 0 Å². The number of thiophene rings is 1. The quantitative estimate of drug-likeness (QED) is 0.671. The number of rotatable bonds is 3. The molecule has 1 aromatic rings. The highest BCUT2D eigenvalue weighted by Gasteiger charge is 2.24. The largest absolute Gasteiger partial charge is 0.465 e. The molecule has 1 atom stereocenters. The van der Waals surface area contributed by atoms with Gasteiger partial charge < -0.3 is 26.4 Å². The van der Waals surface area contributed by atoms with E-state index in [0.29, 0.717) is 17.1 Å². The van der Waals surface area contributed by atoms with Crippen molar-refractivity contribution < 1.29 is 19.5 Å². The summed E-state index contributed by atoms with van der Waals surface area (Å²) in [6.07, 6.45) is 1.38. The number of carboxylic acid groups (broad SMARTS) is 1. The Morgan fingerprint density at radius 3 is 2.82 bits per heavy atom. The van der Waals surface area contributed by atoms with Gasteiger partial charge in [0.1, 0.15) is 4.88 Å². The normalized spacial score (nSPS) is 18.4. The minimum Gasteiger partial charge on any atom is -0.465 e. The minimum absolute atomic E-state index is 0.241. The summed E-state index contributed by atoms with van der Waals surface area (Å²) in [5.41, 5.74) is 5.42. The Kier molecular flexibility index (Phi) is 5.21. The molecule has 1 saturated heterocycles. The molecule has 0 aliphatic carbocycles. The average Bonchev–Trinajstić information content (AvgIpc) is 2.75. The first kappa shape index (κ1) is 16.1. The Bertz CT molecular complexity index is 574. The maximum absolute atomic E-state index is 12.3. The van der Waals surface area contributed by atoms with Crippen LogP contribution in [0.1, 0.15) is 28.9 Å². The molecule has 2 rings (SSSR count). The number of hydrogen-bond donors (Lipinski definition) is 4. The van der Waals surface area contributed by atoms with Crippen LogP contribution >= 0.6 is 11.3 Å². The molecule has 1 aliphatic heterocycles. The van der Waals surface area contributed by atoms with Crippen molar-refractivity contribution >= 4 is 35.1 Å². The van der Waals surface area contributed by atoms with Crippen LogP contribution < -0.4 is 16.4 Å². The van der Waals surface area contributed by atoms with E-state index in [2.05, 4.69) is 10.6 Å². The van der Waals surface area contributed by atoms with Gasteiger partial charge in [0.2, 0.25) is 0 Å². The van der Waals surface area contributed by atoms with E-state index in [4.69, 9.17) is 10.8 Å². The molecule has 120 valence electrons. The summed E-state index contributed by atoms with van der Waals surface area (Å²) in [5, 5.41) is 16.0. The summed E-state index contributed by atoms with van der Waals surface area (Å²) >= 11 is 1.19. The number of nitrogens with two attached hydrogens (primary N) is 1. The Balaban J connectivity index is 2.03. The monoisotopic (exact) mass is 326 g/mol. The number of nitrogens with one attached hydrogen (secondary N) is 2. The van der Waals surface area contributed by atoms with E-state index in [-0.39, 0.29) is 18.5 Å². The fourth-order valence-electron chi connectivity index (χ4n) is 2.40. The van der Waals surface area contributed by atoms with Crippen LogP contribution in [0, 0.1) is 0 Å². The van der Waals surface area contributed by atoms with Crippen LogP contribution in [0.5, 0.6) is 0 Å². The van der Waals surface area contributed by atoms with E-state index in [0.717, 1.165) is 19.3 Å². The van der Waals surface area contributed by atoms with Crippen LogP contribution in [0.25, 0.3) is 0 Å². The van der Waals surface area contributed by atoms with Crippen molar-refractivity contribution in [3.05, 3.63) is 16.3 Å². The zero-order valence-corrected chi connectivity index (χ0v) is 12.7. The number of hydrogen-bond acceptors (Lipinski definition) is 4. The molecule has 4 amide bonds. The maximum Gasteiger partial charge on any atom is 0.407 e. The molecular weight excluding hydrogens is 308 g/mol. The molecule has 0 unspecified atom stereocenters. The van der Waals surface area contributed by atoms with Gasteiger partial charge in [-0.3, -0.25) is 4.79 Å². The molecule has 9 heteroatoms. The Morgan fingerprint density at radius 2 is 2.14 bits per heavy atom. The van der Waals surface area contributed by atoms with Crippen LogP contribution in [0.3, 0.4) is 0 Å². The second-order valence-electron chi connectivity index (χ2n) is 5.05. The molecule has 1 aliphatic rings. The average molecular weight is 326 g/mol. The number of anilines is 1. The third-order valence-corrected chi connectivity index (χ3v) is 4.32. The lowest BCUT2D eigenvalue weighted by atomic mass is 10.1. The van der Waals surface area contributed by atoms with Crippen LogP contribution in [-0.2, 0) is 0 Å². The van der Waals surface area contributed by atoms with Crippen LogP contribution in [-0.4, -0.2) is 47.2 Å². The first-order chi connectivity index (χ1) is 10.5. The summed E-state index contributed by atoms with van der Waals surface area (Å²) in [6.45, 7) is 0.750. The molecule has 0 spiro atoms. The third-order valence-electron chi connectivity index (χ3n) is 3.41. The van der Waals surface area contributed by atoms with E-state index in [1.807, 2.05) is 0 Å². The highest BCUT2D eigenvalue weighted by Crippen LogP contribution is 2.22. The molecular formula is C13H18N4O4S. The van der Waals surface area contributed by atoms with Crippen molar-refractivity contribution in [2.24, 2.45) is 5.73 Å². The van der Waals surface area contributed by atoms with Gasteiger partial charge in [0.05, 0.1) is 5.69 Å². The highest BCUT2D eigenvalue weighted by atomic mass is 32.1. The van der Waals surface area contributed by atoms with Gasteiger partial charge in [0.15, 0.2) is 0 Å². The summed E-state index contributed by atoms with van der Waals surface area (Å²) < 4.78 is 0. The van der Waals surface area contributed by atoms with Gasteiger partial charge in [-0.1, -0.05) is 0 Å². The first-order valence-corrected chi connectivity index (χ1v) is 7.78. The number of carbonyl (C=O) groups excluding carboxylic acids is 2. The second-order valence-corrected chi connectivity index (χ2v) is 5.96. The van der Waals surface area contributed by atoms with Crippen molar-refractivity contribution in [3.8, 4) is 0 Å². The van der Waals surface area contributed by atoms with E-state index < -0.39 is 12.1 Å². The number of likely N-dealkylation sites (tertiary alicyclic amines) is 1. The van der Waals surface area contributed by atoms with Crippen molar-refractivity contribution in [2.75, 3.05) is 18.4 Å². The zero-order valence-electron chi connectivity index (χ0n) is 11.9. The Morgan fingerprint density at radius 1 is 1.36 bits per heavy atom. The summed E-state index contributed by atoms with van der Waals surface area (Å²) in [7, 11) is 0. The molecule has 2 heterocycles. The molecule has 0 saturated carbocycles. The lowest BCUT2D eigenvalue weighted by Gasteiger charge is -2.22. The predicted octanol–water partition coefficient (Wildman–Crippen LogP) is 1.50. The third kappa shape index (κ3) is 4.10. The fraction of sp³-hybridized carbons (Fsp3) is 0.462. The lowest BCUT2D eigenvalue weighted by molar-refractivity contribution is 0.0925. The Hall–Kier alpha value is -2.29. The molecule has 1 aromatic heterocycles. The topological polar surface area (TPSA) is 125 Å².